The van der Waals surface area contributed by atoms with Crippen LogP contribution in [-0.4, -0.2) is 56.7 Å². The first-order chi connectivity index (χ1) is 16.5. The van der Waals surface area contributed by atoms with Crippen molar-refractivity contribution in [2.24, 2.45) is 7.05 Å². The minimum absolute atomic E-state index is 0.310. The predicted octanol–water partition coefficient (Wildman–Crippen LogP) is 3.68. The van der Waals surface area contributed by atoms with E-state index in [4.69, 9.17) is 24.2 Å². The van der Waals surface area contributed by atoms with Crippen LogP contribution in [0.4, 0.5) is 0 Å². The molecule has 1 aliphatic rings. The first kappa shape index (κ1) is 23.9. The quantitative estimate of drug-likeness (QED) is 0.379. The van der Waals surface area contributed by atoms with Crippen molar-refractivity contribution in [3.05, 3.63) is 41.3 Å². The molecule has 1 fully saturated rings. The van der Waals surface area contributed by atoms with E-state index >= 15 is 0 Å². The zero-order valence-electron chi connectivity index (χ0n) is 20.0. The lowest BCUT2D eigenvalue weighted by Crippen LogP contribution is -2.26. The summed E-state index contributed by atoms with van der Waals surface area (Å²) < 4.78 is 18.9. The molecule has 9 nitrogen and oxygen atoms in total. The van der Waals surface area contributed by atoms with Crippen LogP contribution in [0.25, 0.3) is 11.0 Å². The molecule has 0 aliphatic heterocycles. The van der Waals surface area contributed by atoms with Gasteiger partial charge in [0.15, 0.2) is 6.10 Å². The minimum atomic E-state index is -0.960. The summed E-state index contributed by atoms with van der Waals surface area (Å²) in [4.78, 5) is 20.8. The zero-order chi connectivity index (χ0) is 24.1. The lowest BCUT2D eigenvalue weighted by molar-refractivity contribution is -0.149. The number of carboxylic acid groups (broad SMARTS) is 1. The Kier molecular flexibility index (Phi) is 7.62. The Morgan fingerprint density at radius 1 is 1.15 bits per heavy atom. The molecule has 2 aromatic heterocycles. The number of hydrogen-bond donors (Lipinski definition) is 1. The number of aromatic nitrogens is 4. The number of fused-ring (bicyclic) bond motifs is 1. The second-order valence-corrected chi connectivity index (χ2v) is 8.51. The molecule has 1 N–H and O–H groups in total. The molecule has 0 amide bonds. The van der Waals surface area contributed by atoms with Crippen molar-refractivity contribution < 1.29 is 24.1 Å². The maximum atomic E-state index is 11.3. The highest BCUT2D eigenvalue weighted by atomic mass is 16.5. The van der Waals surface area contributed by atoms with Gasteiger partial charge in [-0.25, -0.2) is 9.78 Å². The Morgan fingerprint density at radius 3 is 2.53 bits per heavy atom. The molecule has 1 aromatic carbocycles. The van der Waals surface area contributed by atoms with Gasteiger partial charge in [0.2, 0.25) is 5.88 Å². The minimum Gasteiger partial charge on any atom is -0.490 e. The first-order valence-electron chi connectivity index (χ1n) is 11.9. The molecule has 182 valence electrons. The number of aliphatic carboxylic acids is 1. The average molecular weight is 469 g/mol. The molecule has 0 spiro atoms. The Labute approximate surface area is 199 Å². The van der Waals surface area contributed by atoms with Crippen molar-refractivity contribution in [3.63, 3.8) is 0 Å². The van der Waals surface area contributed by atoms with Crippen LogP contribution in [0.15, 0.2) is 24.3 Å². The Bertz CT molecular complexity index is 1120. The summed E-state index contributed by atoms with van der Waals surface area (Å²) in [6, 6.07) is 7.36. The molecule has 0 saturated heterocycles. The van der Waals surface area contributed by atoms with Crippen molar-refractivity contribution in [2.75, 3.05) is 19.8 Å². The molecule has 4 rings (SSSR count). The fourth-order valence-electron chi connectivity index (χ4n) is 3.90. The Morgan fingerprint density at radius 2 is 1.88 bits per heavy atom. The van der Waals surface area contributed by atoms with Gasteiger partial charge in [-0.05, 0) is 43.9 Å². The summed E-state index contributed by atoms with van der Waals surface area (Å²) in [5, 5.41) is 13.9. The highest BCUT2D eigenvalue weighted by molar-refractivity contribution is 5.82. The number of benzene rings is 1. The third-order valence-corrected chi connectivity index (χ3v) is 5.74. The molecule has 0 radical (unpaired) electrons. The maximum Gasteiger partial charge on any atom is 0.333 e. The van der Waals surface area contributed by atoms with Crippen LogP contribution in [0.2, 0.25) is 0 Å². The van der Waals surface area contributed by atoms with Gasteiger partial charge in [0.05, 0.1) is 5.69 Å². The first-order valence-corrected chi connectivity index (χ1v) is 11.9. The number of ether oxygens (including phenoxy) is 3. The molecular formula is C25H32N4O5. The van der Waals surface area contributed by atoms with Crippen molar-refractivity contribution >= 4 is 17.0 Å². The van der Waals surface area contributed by atoms with Gasteiger partial charge in [0, 0.05) is 26.0 Å². The van der Waals surface area contributed by atoms with Gasteiger partial charge in [-0.3, -0.25) is 4.68 Å². The normalized spacial score (nSPS) is 14.3. The maximum absolute atomic E-state index is 11.3. The summed E-state index contributed by atoms with van der Waals surface area (Å²) >= 11 is 0. The monoisotopic (exact) mass is 468 g/mol. The average Bonchev–Trinajstić information content (AvgIpc) is 3.62. The molecule has 1 saturated carbocycles. The van der Waals surface area contributed by atoms with E-state index in [1.54, 1.807) is 11.6 Å². The summed E-state index contributed by atoms with van der Waals surface area (Å²) in [5.41, 5.74) is 3.57. The Hall–Kier alpha value is -3.20. The lowest BCUT2D eigenvalue weighted by atomic mass is 10.1. The van der Waals surface area contributed by atoms with E-state index in [1.807, 2.05) is 31.3 Å². The standard InChI is InChI=1S/C25H32N4O5/c1-4-6-19-21-22(29(3)28-19)24(27-23(26-21)17-9-10-17)34-14-13-33-18-11-7-16(8-12-18)15-20(25(30)31)32-5-2/h7-8,11-12,17,20H,4-6,9-10,13-15H2,1-3H3,(H,30,31). The topological polar surface area (TPSA) is 109 Å². The lowest BCUT2D eigenvalue weighted by Gasteiger charge is -2.13. The Balaban J connectivity index is 1.37. The van der Waals surface area contributed by atoms with Crippen molar-refractivity contribution in [1.29, 1.82) is 0 Å². The largest absolute Gasteiger partial charge is 0.490 e. The second-order valence-electron chi connectivity index (χ2n) is 8.51. The van der Waals surface area contributed by atoms with E-state index in [9.17, 15) is 9.90 Å². The van der Waals surface area contributed by atoms with Crippen LogP contribution < -0.4 is 9.47 Å². The van der Waals surface area contributed by atoms with Crippen molar-refractivity contribution in [3.8, 4) is 11.6 Å². The van der Waals surface area contributed by atoms with E-state index in [2.05, 4.69) is 12.0 Å². The van der Waals surface area contributed by atoms with Gasteiger partial charge < -0.3 is 19.3 Å². The molecule has 34 heavy (non-hydrogen) atoms. The second kappa shape index (κ2) is 10.8. The van der Waals surface area contributed by atoms with E-state index in [0.29, 0.717) is 43.8 Å². The van der Waals surface area contributed by atoms with Gasteiger partial charge in [0.25, 0.3) is 0 Å². The summed E-state index contributed by atoms with van der Waals surface area (Å²) in [6.07, 6.45) is 3.57. The molecule has 1 atom stereocenters. The molecule has 0 bridgehead atoms. The molecule has 2 heterocycles. The predicted molar refractivity (Wildman–Crippen MR) is 126 cm³/mol. The third kappa shape index (κ3) is 5.64. The van der Waals surface area contributed by atoms with Crippen LogP contribution in [0, 0.1) is 0 Å². The highest BCUT2D eigenvalue weighted by Crippen LogP contribution is 2.40. The third-order valence-electron chi connectivity index (χ3n) is 5.74. The van der Waals surface area contributed by atoms with Crippen LogP contribution in [-0.2, 0) is 29.4 Å². The number of carbonyl (C=O) groups is 1. The SMILES string of the molecule is CCCc1nn(C)c2c(OCCOc3ccc(CC(OCC)C(=O)O)cc3)nc(C3CC3)nc12. The number of rotatable bonds is 13. The number of carboxylic acids is 1. The molecule has 9 heteroatoms. The van der Waals surface area contributed by atoms with Gasteiger partial charge in [-0.1, -0.05) is 25.5 Å². The van der Waals surface area contributed by atoms with E-state index in [-0.39, 0.29) is 0 Å². The molecule has 3 aromatic rings. The van der Waals surface area contributed by atoms with E-state index in [0.717, 1.165) is 53.8 Å². The number of aryl methyl sites for hydroxylation is 2. The highest BCUT2D eigenvalue weighted by Gasteiger charge is 2.29. The zero-order valence-corrected chi connectivity index (χ0v) is 20.0. The summed E-state index contributed by atoms with van der Waals surface area (Å²) in [7, 11) is 1.90. The van der Waals surface area contributed by atoms with Gasteiger partial charge >= 0.3 is 5.97 Å². The van der Waals surface area contributed by atoms with Crippen LogP contribution >= 0.6 is 0 Å². The summed E-state index contributed by atoms with van der Waals surface area (Å²) in [5.74, 6) is 1.54. The van der Waals surface area contributed by atoms with Crippen LogP contribution in [0.3, 0.4) is 0 Å². The van der Waals surface area contributed by atoms with Gasteiger partial charge in [-0.15, -0.1) is 0 Å². The molecule has 1 unspecified atom stereocenters. The fraction of sp³-hybridized carbons (Fsp3) is 0.520. The molecular weight excluding hydrogens is 436 g/mol. The van der Waals surface area contributed by atoms with Gasteiger partial charge in [0.1, 0.15) is 35.8 Å². The van der Waals surface area contributed by atoms with Crippen molar-refractivity contribution in [1.82, 2.24) is 19.7 Å². The van der Waals surface area contributed by atoms with Crippen molar-refractivity contribution in [2.45, 2.75) is 58.0 Å². The number of hydrogen-bond acceptors (Lipinski definition) is 7. The number of nitrogens with zero attached hydrogens (tertiary/aromatic N) is 4. The van der Waals surface area contributed by atoms with Crippen LogP contribution in [0.1, 0.15) is 56.1 Å². The smallest absolute Gasteiger partial charge is 0.333 e. The summed E-state index contributed by atoms with van der Waals surface area (Å²) in [6.45, 7) is 4.95. The van der Waals surface area contributed by atoms with E-state index < -0.39 is 12.1 Å². The van der Waals surface area contributed by atoms with Gasteiger partial charge in [-0.2, -0.15) is 10.1 Å². The molecule has 1 aliphatic carbocycles. The van der Waals surface area contributed by atoms with Crippen LogP contribution in [0.5, 0.6) is 11.6 Å². The fourth-order valence-corrected chi connectivity index (χ4v) is 3.90. The van der Waals surface area contributed by atoms with E-state index in [1.165, 1.54) is 0 Å².